The Balaban J connectivity index is 2.12. The van der Waals surface area contributed by atoms with Crippen molar-refractivity contribution >= 4 is 17.7 Å². The van der Waals surface area contributed by atoms with Crippen LogP contribution in [-0.2, 0) is 9.63 Å². The smallest absolute Gasteiger partial charge is 0.261 e. The second-order valence-electron chi connectivity index (χ2n) is 4.29. The van der Waals surface area contributed by atoms with E-state index < -0.39 is 0 Å². The van der Waals surface area contributed by atoms with E-state index in [1.165, 1.54) is 7.11 Å². The SMILES string of the molecule is CONC(=O)CCN1C(=O)c2ccc(C)cc2C1=O. The number of amides is 3. The summed E-state index contributed by atoms with van der Waals surface area (Å²) in [5.74, 6) is -1.09. The molecule has 0 saturated heterocycles. The fourth-order valence-electron chi connectivity index (χ4n) is 1.99. The van der Waals surface area contributed by atoms with Gasteiger partial charge in [0.2, 0.25) is 5.91 Å². The molecule has 1 aromatic rings. The molecular formula is C13H14N2O4. The Kier molecular flexibility index (Phi) is 3.62. The van der Waals surface area contributed by atoms with Crippen molar-refractivity contribution in [2.24, 2.45) is 0 Å². The lowest BCUT2D eigenvalue weighted by molar-refractivity contribution is -0.131. The van der Waals surface area contributed by atoms with Gasteiger partial charge in [-0.2, -0.15) is 0 Å². The number of rotatable bonds is 4. The van der Waals surface area contributed by atoms with Crippen molar-refractivity contribution in [3.05, 3.63) is 34.9 Å². The van der Waals surface area contributed by atoms with E-state index in [1.807, 2.05) is 6.92 Å². The summed E-state index contributed by atoms with van der Waals surface area (Å²) in [5, 5.41) is 0. The number of carbonyl (C=O) groups is 3. The van der Waals surface area contributed by atoms with Crippen LogP contribution in [-0.4, -0.2) is 36.3 Å². The molecule has 0 bridgehead atoms. The predicted molar refractivity (Wildman–Crippen MR) is 66.3 cm³/mol. The average Bonchev–Trinajstić information content (AvgIpc) is 2.60. The normalized spacial score (nSPS) is 13.7. The van der Waals surface area contributed by atoms with Crippen molar-refractivity contribution in [3.63, 3.8) is 0 Å². The van der Waals surface area contributed by atoms with Crippen molar-refractivity contribution in [2.45, 2.75) is 13.3 Å². The molecule has 1 aliphatic heterocycles. The van der Waals surface area contributed by atoms with Gasteiger partial charge in [0.1, 0.15) is 0 Å². The molecule has 0 aliphatic carbocycles. The summed E-state index contributed by atoms with van der Waals surface area (Å²) >= 11 is 0. The third-order valence-corrected chi connectivity index (χ3v) is 2.90. The van der Waals surface area contributed by atoms with E-state index in [0.29, 0.717) is 11.1 Å². The highest BCUT2D eigenvalue weighted by Crippen LogP contribution is 2.23. The minimum absolute atomic E-state index is 0.0122. The molecular weight excluding hydrogens is 248 g/mol. The monoisotopic (exact) mass is 262 g/mol. The van der Waals surface area contributed by atoms with Gasteiger partial charge in [-0.3, -0.25) is 24.1 Å². The quantitative estimate of drug-likeness (QED) is 0.639. The molecule has 1 aromatic carbocycles. The first-order valence-electron chi connectivity index (χ1n) is 5.83. The van der Waals surface area contributed by atoms with E-state index in [9.17, 15) is 14.4 Å². The van der Waals surface area contributed by atoms with Gasteiger partial charge in [0.15, 0.2) is 0 Å². The Hall–Kier alpha value is -2.21. The number of imide groups is 1. The summed E-state index contributed by atoms with van der Waals surface area (Å²) in [4.78, 5) is 40.9. The number of hydrogen-bond donors (Lipinski definition) is 1. The molecule has 3 amide bonds. The van der Waals surface area contributed by atoms with Gasteiger partial charge in [-0.15, -0.1) is 0 Å². The molecule has 0 unspecified atom stereocenters. The minimum atomic E-state index is -0.379. The molecule has 6 nitrogen and oxygen atoms in total. The van der Waals surface area contributed by atoms with Crippen LogP contribution < -0.4 is 5.48 Å². The van der Waals surface area contributed by atoms with E-state index >= 15 is 0 Å². The van der Waals surface area contributed by atoms with Crippen LogP contribution in [0, 0.1) is 6.92 Å². The fraction of sp³-hybridized carbons (Fsp3) is 0.308. The van der Waals surface area contributed by atoms with Crippen molar-refractivity contribution in [2.75, 3.05) is 13.7 Å². The zero-order chi connectivity index (χ0) is 14.0. The van der Waals surface area contributed by atoms with Gasteiger partial charge in [0, 0.05) is 13.0 Å². The lowest BCUT2D eigenvalue weighted by Gasteiger charge is -2.12. The molecule has 0 saturated carbocycles. The number of aryl methyl sites for hydroxylation is 1. The fourth-order valence-corrected chi connectivity index (χ4v) is 1.99. The van der Waals surface area contributed by atoms with Crippen LogP contribution in [0.3, 0.4) is 0 Å². The van der Waals surface area contributed by atoms with Crippen molar-refractivity contribution in [3.8, 4) is 0 Å². The van der Waals surface area contributed by atoms with Crippen LogP contribution >= 0.6 is 0 Å². The first-order valence-corrected chi connectivity index (χ1v) is 5.83. The van der Waals surface area contributed by atoms with Crippen molar-refractivity contribution in [1.29, 1.82) is 0 Å². The second-order valence-corrected chi connectivity index (χ2v) is 4.29. The molecule has 0 aromatic heterocycles. The Morgan fingerprint density at radius 2 is 1.95 bits per heavy atom. The maximum atomic E-state index is 12.1. The molecule has 0 atom stereocenters. The third-order valence-electron chi connectivity index (χ3n) is 2.90. The number of benzene rings is 1. The van der Waals surface area contributed by atoms with Crippen molar-refractivity contribution < 1.29 is 19.2 Å². The van der Waals surface area contributed by atoms with Gasteiger partial charge in [0.05, 0.1) is 18.2 Å². The van der Waals surface area contributed by atoms with Gasteiger partial charge in [-0.05, 0) is 19.1 Å². The Morgan fingerprint density at radius 3 is 2.63 bits per heavy atom. The van der Waals surface area contributed by atoms with Crippen LogP contribution in [0.1, 0.15) is 32.7 Å². The first-order chi connectivity index (χ1) is 9.04. The Bertz CT molecular complexity index is 554. The van der Waals surface area contributed by atoms with Gasteiger partial charge in [-0.25, -0.2) is 5.48 Å². The largest absolute Gasteiger partial charge is 0.277 e. The van der Waals surface area contributed by atoms with E-state index in [4.69, 9.17) is 0 Å². The number of hydrogen-bond acceptors (Lipinski definition) is 4. The number of fused-ring (bicyclic) bond motifs is 1. The van der Waals surface area contributed by atoms with Crippen LogP contribution in [0.5, 0.6) is 0 Å². The molecule has 0 spiro atoms. The van der Waals surface area contributed by atoms with Gasteiger partial charge < -0.3 is 0 Å². The summed E-state index contributed by atoms with van der Waals surface area (Å²) in [6.45, 7) is 1.90. The minimum Gasteiger partial charge on any atom is -0.277 e. The average molecular weight is 262 g/mol. The lowest BCUT2D eigenvalue weighted by atomic mass is 10.1. The van der Waals surface area contributed by atoms with Gasteiger partial charge >= 0.3 is 0 Å². The second kappa shape index (κ2) is 5.19. The maximum absolute atomic E-state index is 12.1. The molecule has 1 heterocycles. The molecule has 0 radical (unpaired) electrons. The van der Waals surface area contributed by atoms with Gasteiger partial charge in [-0.1, -0.05) is 11.6 Å². The van der Waals surface area contributed by atoms with E-state index in [1.54, 1.807) is 18.2 Å². The third kappa shape index (κ3) is 2.48. The zero-order valence-corrected chi connectivity index (χ0v) is 10.7. The molecule has 1 aliphatic rings. The highest BCUT2D eigenvalue weighted by atomic mass is 16.6. The molecule has 2 rings (SSSR count). The number of nitrogens with zero attached hydrogens (tertiary/aromatic N) is 1. The van der Waals surface area contributed by atoms with E-state index in [0.717, 1.165) is 10.5 Å². The highest BCUT2D eigenvalue weighted by molar-refractivity contribution is 6.21. The summed E-state index contributed by atoms with van der Waals surface area (Å²) < 4.78 is 0. The van der Waals surface area contributed by atoms with E-state index in [2.05, 4.69) is 10.3 Å². The zero-order valence-electron chi connectivity index (χ0n) is 10.7. The topological polar surface area (TPSA) is 75.7 Å². The first kappa shape index (κ1) is 13.2. The Labute approximate surface area is 110 Å². The van der Waals surface area contributed by atoms with Crippen LogP contribution in [0.4, 0.5) is 0 Å². The Morgan fingerprint density at radius 1 is 1.26 bits per heavy atom. The number of hydroxylamine groups is 1. The van der Waals surface area contributed by atoms with Crippen LogP contribution in [0.25, 0.3) is 0 Å². The summed E-state index contributed by atoms with van der Waals surface area (Å²) in [7, 11) is 1.32. The maximum Gasteiger partial charge on any atom is 0.261 e. The molecule has 1 N–H and O–H groups in total. The van der Waals surface area contributed by atoms with Crippen LogP contribution in [0.15, 0.2) is 18.2 Å². The summed E-state index contributed by atoms with van der Waals surface area (Å²) in [5.41, 5.74) is 3.85. The van der Waals surface area contributed by atoms with E-state index in [-0.39, 0.29) is 30.7 Å². The molecule has 6 heteroatoms. The number of nitrogens with one attached hydrogen (secondary N) is 1. The molecule has 19 heavy (non-hydrogen) atoms. The summed E-state index contributed by atoms with van der Waals surface area (Å²) in [6, 6.07) is 5.11. The number of carbonyl (C=O) groups excluding carboxylic acids is 3. The standard InChI is InChI=1S/C13H14N2O4/c1-8-3-4-9-10(7-8)13(18)15(12(9)17)6-5-11(16)14-19-2/h3-4,7H,5-6H2,1-2H3,(H,14,16). The van der Waals surface area contributed by atoms with Gasteiger partial charge in [0.25, 0.3) is 11.8 Å². The molecule has 100 valence electrons. The lowest BCUT2D eigenvalue weighted by Crippen LogP contribution is -2.34. The molecule has 0 fully saturated rings. The van der Waals surface area contributed by atoms with Crippen LogP contribution in [0.2, 0.25) is 0 Å². The predicted octanol–water partition coefficient (Wildman–Crippen LogP) is 0.659. The summed E-state index contributed by atoms with van der Waals surface area (Å²) in [6.07, 6.45) is 0.0122. The van der Waals surface area contributed by atoms with Crippen molar-refractivity contribution in [1.82, 2.24) is 10.4 Å². The highest BCUT2D eigenvalue weighted by Gasteiger charge is 2.35.